The molecule has 5 rings (SSSR count). The summed E-state index contributed by atoms with van der Waals surface area (Å²) in [5.74, 6) is 1.21. The standard InChI is InChI=1S/C27H34N4O3/c1-18-15-30(10-11-31(18)26(32)20-9-12-33-16-20)25-22(14-28)21-13-27(2,3)34-17-23(21)24(29-25)19-7-5-4-6-8-19/h9,12,16,18-19H,4-8,10-11,13,15,17H2,1-3H3/t18-/m1/s1. The molecular weight excluding hydrogens is 428 g/mol. The number of pyridine rings is 1. The van der Waals surface area contributed by atoms with Crippen molar-refractivity contribution in [2.75, 3.05) is 24.5 Å². The highest BCUT2D eigenvalue weighted by Crippen LogP contribution is 2.41. The van der Waals surface area contributed by atoms with Crippen LogP contribution < -0.4 is 4.90 Å². The molecule has 0 N–H and O–H groups in total. The maximum Gasteiger partial charge on any atom is 0.257 e. The van der Waals surface area contributed by atoms with Crippen LogP contribution in [0.4, 0.5) is 5.82 Å². The van der Waals surface area contributed by atoms with Crippen LogP contribution in [0, 0.1) is 11.3 Å². The van der Waals surface area contributed by atoms with E-state index in [2.05, 4.69) is 31.7 Å². The summed E-state index contributed by atoms with van der Waals surface area (Å²) < 4.78 is 11.3. The number of carbonyl (C=O) groups excluding carboxylic acids is 1. The Kier molecular flexibility index (Phi) is 6.11. The summed E-state index contributed by atoms with van der Waals surface area (Å²) in [6.07, 6.45) is 9.80. The zero-order valence-corrected chi connectivity index (χ0v) is 20.5. The zero-order chi connectivity index (χ0) is 23.9. The fraction of sp³-hybridized carbons (Fsp3) is 0.593. The first-order chi connectivity index (χ1) is 16.4. The Labute approximate surface area is 201 Å². The first-order valence-electron chi connectivity index (χ1n) is 12.6. The molecule has 0 radical (unpaired) electrons. The minimum Gasteiger partial charge on any atom is -0.472 e. The summed E-state index contributed by atoms with van der Waals surface area (Å²) in [6.45, 7) is 8.67. The van der Waals surface area contributed by atoms with Crippen LogP contribution in [-0.4, -0.2) is 47.1 Å². The number of anilines is 1. The number of hydrogen-bond acceptors (Lipinski definition) is 6. The van der Waals surface area contributed by atoms with Crippen LogP contribution in [-0.2, 0) is 17.8 Å². The molecule has 2 aliphatic heterocycles. The minimum absolute atomic E-state index is 0.00145. The summed E-state index contributed by atoms with van der Waals surface area (Å²) in [5, 5.41) is 10.3. The van der Waals surface area contributed by atoms with Crippen molar-refractivity contribution in [1.82, 2.24) is 9.88 Å². The van der Waals surface area contributed by atoms with Crippen molar-refractivity contribution in [1.29, 1.82) is 5.26 Å². The van der Waals surface area contributed by atoms with E-state index in [1.807, 2.05) is 4.90 Å². The number of carbonyl (C=O) groups is 1. The van der Waals surface area contributed by atoms with Crippen molar-refractivity contribution in [2.45, 2.75) is 83.5 Å². The average molecular weight is 463 g/mol. The van der Waals surface area contributed by atoms with Crippen molar-refractivity contribution in [3.63, 3.8) is 0 Å². The van der Waals surface area contributed by atoms with E-state index in [-0.39, 0.29) is 17.6 Å². The predicted octanol–water partition coefficient (Wildman–Crippen LogP) is 4.80. The molecule has 2 aromatic rings. The molecule has 0 spiro atoms. The van der Waals surface area contributed by atoms with E-state index >= 15 is 0 Å². The second kappa shape index (κ2) is 9.07. The zero-order valence-electron chi connectivity index (χ0n) is 20.5. The molecule has 0 unspecified atom stereocenters. The van der Waals surface area contributed by atoms with Gasteiger partial charge in [0.05, 0.1) is 35.3 Å². The van der Waals surface area contributed by atoms with E-state index in [0.29, 0.717) is 43.3 Å². The number of nitriles is 1. The summed E-state index contributed by atoms with van der Waals surface area (Å²) in [6, 6.07) is 4.21. The number of fused-ring (bicyclic) bond motifs is 1. The van der Waals surface area contributed by atoms with E-state index in [1.165, 1.54) is 31.8 Å². The molecule has 1 saturated carbocycles. The Morgan fingerprint density at radius 3 is 2.68 bits per heavy atom. The number of amides is 1. The number of rotatable bonds is 3. The van der Waals surface area contributed by atoms with Gasteiger partial charge in [0.2, 0.25) is 0 Å². The van der Waals surface area contributed by atoms with Gasteiger partial charge in [-0.15, -0.1) is 0 Å². The topological polar surface area (TPSA) is 82.6 Å². The van der Waals surface area contributed by atoms with Crippen LogP contribution in [0.3, 0.4) is 0 Å². The SMILES string of the molecule is C[C@@H]1CN(c2nc(C3CCCCC3)c3c(c2C#N)CC(C)(C)OC3)CCN1C(=O)c1ccoc1. The summed E-state index contributed by atoms with van der Waals surface area (Å²) in [7, 11) is 0. The number of nitrogens with zero attached hydrogens (tertiary/aromatic N) is 4. The third kappa shape index (κ3) is 4.20. The van der Waals surface area contributed by atoms with E-state index < -0.39 is 0 Å². The normalized spacial score (nSPS) is 22.8. The van der Waals surface area contributed by atoms with Gasteiger partial charge in [0.1, 0.15) is 18.2 Å². The highest BCUT2D eigenvalue weighted by atomic mass is 16.5. The van der Waals surface area contributed by atoms with Crippen molar-refractivity contribution in [3.05, 3.63) is 46.5 Å². The number of aromatic nitrogens is 1. The van der Waals surface area contributed by atoms with E-state index in [1.54, 1.807) is 6.07 Å². The van der Waals surface area contributed by atoms with Gasteiger partial charge in [-0.3, -0.25) is 4.79 Å². The molecule has 1 amide bonds. The van der Waals surface area contributed by atoms with Crippen molar-refractivity contribution in [3.8, 4) is 6.07 Å². The van der Waals surface area contributed by atoms with Crippen molar-refractivity contribution in [2.24, 2.45) is 0 Å². The number of ether oxygens (including phenoxy) is 1. The second-order valence-electron chi connectivity index (χ2n) is 10.6. The third-order valence-corrected chi connectivity index (χ3v) is 7.69. The molecule has 1 atom stereocenters. The molecule has 34 heavy (non-hydrogen) atoms. The Bertz CT molecular complexity index is 1100. The van der Waals surface area contributed by atoms with Gasteiger partial charge in [-0.25, -0.2) is 4.98 Å². The lowest BCUT2D eigenvalue weighted by Crippen LogP contribution is -2.54. The Morgan fingerprint density at radius 1 is 1.21 bits per heavy atom. The van der Waals surface area contributed by atoms with Gasteiger partial charge in [-0.1, -0.05) is 19.3 Å². The van der Waals surface area contributed by atoms with Gasteiger partial charge in [-0.2, -0.15) is 5.26 Å². The molecule has 0 bridgehead atoms. The molecule has 2 fully saturated rings. The smallest absolute Gasteiger partial charge is 0.257 e. The van der Waals surface area contributed by atoms with Gasteiger partial charge in [0.25, 0.3) is 5.91 Å². The van der Waals surface area contributed by atoms with Gasteiger partial charge in [0.15, 0.2) is 0 Å². The molecule has 4 heterocycles. The summed E-state index contributed by atoms with van der Waals surface area (Å²) >= 11 is 0. The lowest BCUT2D eigenvalue weighted by molar-refractivity contribution is -0.0409. The minimum atomic E-state index is -0.302. The van der Waals surface area contributed by atoms with Crippen LogP contribution >= 0.6 is 0 Å². The predicted molar refractivity (Wildman–Crippen MR) is 129 cm³/mol. The maximum atomic E-state index is 12.9. The van der Waals surface area contributed by atoms with E-state index in [4.69, 9.17) is 14.1 Å². The molecular formula is C27H34N4O3. The monoisotopic (exact) mass is 462 g/mol. The number of hydrogen-bond donors (Lipinski definition) is 0. The number of furan rings is 1. The molecule has 3 aliphatic rings. The highest BCUT2D eigenvalue weighted by Gasteiger charge is 2.36. The third-order valence-electron chi connectivity index (χ3n) is 7.69. The summed E-state index contributed by atoms with van der Waals surface area (Å²) in [4.78, 5) is 22.3. The van der Waals surface area contributed by atoms with Gasteiger partial charge in [-0.05, 0) is 45.2 Å². The molecule has 7 nitrogen and oxygen atoms in total. The van der Waals surface area contributed by atoms with E-state index in [9.17, 15) is 10.1 Å². The lowest BCUT2D eigenvalue weighted by atomic mass is 9.80. The second-order valence-corrected chi connectivity index (χ2v) is 10.6. The fourth-order valence-corrected chi connectivity index (χ4v) is 5.84. The molecule has 0 aromatic carbocycles. The quantitative estimate of drug-likeness (QED) is 0.652. The van der Waals surface area contributed by atoms with Crippen LogP contribution in [0.1, 0.15) is 91.5 Å². The molecule has 7 heteroatoms. The Balaban J connectivity index is 1.50. The van der Waals surface area contributed by atoms with Gasteiger partial charge < -0.3 is 19.0 Å². The van der Waals surface area contributed by atoms with Gasteiger partial charge >= 0.3 is 0 Å². The van der Waals surface area contributed by atoms with E-state index in [0.717, 1.165) is 41.9 Å². The van der Waals surface area contributed by atoms with Gasteiger partial charge in [0, 0.05) is 43.6 Å². The first kappa shape index (κ1) is 22.9. The number of piperazine rings is 1. The van der Waals surface area contributed by atoms with Crippen molar-refractivity contribution < 1.29 is 13.9 Å². The molecule has 1 aliphatic carbocycles. The van der Waals surface area contributed by atoms with Crippen molar-refractivity contribution >= 4 is 11.7 Å². The first-order valence-corrected chi connectivity index (χ1v) is 12.6. The lowest BCUT2D eigenvalue weighted by Gasteiger charge is -2.42. The molecule has 180 valence electrons. The largest absolute Gasteiger partial charge is 0.472 e. The molecule has 1 saturated heterocycles. The Hall–Kier alpha value is -2.85. The van der Waals surface area contributed by atoms with Crippen LogP contribution in [0.5, 0.6) is 0 Å². The fourth-order valence-electron chi connectivity index (χ4n) is 5.84. The average Bonchev–Trinajstić information content (AvgIpc) is 3.37. The Morgan fingerprint density at radius 2 is 2.00 bits per heavy atom. The van der Waals surface area contributed by atoms with Crippen LogP contribution in [0.15, 0.2) is 23.0 Å². The summed E-state index contributed by atoms with van der Waals surface area (Å²) in [5.41, 5.74) is 4.37. The van der Waals surface area contributed by atoms with Crippen LogP contribution in [0.2, 0.25) is 0 Å². The highest BCUT2D eigenvalue weighted by molar-refractivity contribution is 5.94. The molecule has 2 aromatic heterocycles. The van der Waals surface area contributed by atoms with Crippen LogP contribution in [0.25, 0.3) is 0 Å². The maximum absolute atomic E-state index is 12.9.